The Morgan fingerprint density at radius 3 is 3.25 bits per heavy atom. The lowest BCUT2D eigenvalue weighted by atomic mass is 10.2. The van der Waals surface area contributed by atoms with E-state index in [-0.39, 0.29) is 0 Å². The Balaban J connectivity index is 2.00. The molecule has 2 aliphatic heterocycles. The molecule has 1 fully saturated rings. The first-order chi connectivity index (χ1) is 5.88. The number of hydrogen-bond acceptors (Lipinski definition) is 4. The van der Waals surface area contributed by atoms with Crippen LogP contribution in [0.1, 0.15) is 6.92 Å². The molecule has 68 valence electrons. The first-order valence-electron chi connectivity index (χ1n) is 4.52. The molecule has 0 saturated carbocycles. The van der Waals surface area contributed by atoms with Gasteiger partial charge in [0.05, 0.1) is 6.54 Å². The number of thioether (sulfide) groups is 1. The van der Waals surface area contributed by atoms with E-state index in [4.69, 9.17) is 0 Å². The summed E-state index contributed by atoms with van der Waals surface area (Å²) in [6.07, 6.45) is 0. The van der Waals surface area contributed by atoms with Crippen molar-refractivity contribution >= 4 is 16.9 Å². The molecule has 1 unspecified atom stereocenters. The molecule has 2 heterocycles. The van der Waals surface area contributed by atoms with Gasteiger partial charge in [-0.1, -0.05) is 11.8 Å². The number of amidine groups is 1. The standard InChI is InChI=1S/C8H15N3S/c1-7-6-9-2-4-11(7)8-10-3-5-12-8/h7,9H,2-6H2,1H3. The predicted molar refractivity (Wildman–Crippen MR) is 53.8 cm³/mol. The lowest BCUT2D eigenvalue weighted by molar-refractivity contribution is 0.279. The Kier molecular flexibility index (Phi) is 2.56. The Morgan fingerprint density at radius 1 is 1.67 bits per heavy atom. The molecule has 2 rings (SSSR count). The summed E-state index contributed by atoms with van der Waals surface area (Å²) in [6.45, 7) is 6.58. The van der Waals surface area contributed by atoms with Gasteiger partial charge in [-0.25, -0.2) is 0 Å². The largest absolute Gasteiger partial charge is 0.346 e. The van der Waals surface area contributed by atoms with Gasteiger partial charge >= 0.3 is 0 Å². The van der Waals surface area contributed by atoms with Gasteiger partial charge in [0.15, 0.2) is 5.17 Å². The molecule has 0 spiro atoms. The van der Waals surface area contributed by atoms with E-state index in [1.807, 2.05) is 11.8 Å². The van der Waals surface area contributed by atoms with Crippen LogP contribution in [0.5, 0.6) is 0 Å². The van der Waals surface area contributed by atoms with Crippen LogP contribution in [0, 0.1) is 0 Å². The number of nitrogens with zero attached hydrogens (tertiary/aromatic N) is 2. The molecule has 0 radical (unpaired) electrons. The summed E-state index contributed by atoms with van der Waals surface area (Å²) in [6, 6.07) is 0.614. The number of hydrogen-bond donors (Lipinski definition) is 1. The average Bonchev–Trinajstić information content (AvgIpc) is 2.57. The van der Waals surface area contributed by atoms with Crippen molar-refractivity contribution in [2.45, 2.75) is 13.0 Å². The van der Waals surface area contributed by atoms with E-state index in [1.165, 1.54) is 10.9 Å². The summed E-state index contributed by atoms with van der Waals surface area (Å²) in [5.74, 6) is 1.17. The predicted octanol–water partition coefficient (Wildman–Crippen LogP) is 0.383. The van der Waals surface area contributed by atoms with Crippen molar-refractivity contribution in [1.82, 2.24) is 10.2 Å². The summed E-state index contributed by atoms with van der Waals surface area (Å²) in [5, 5.41) is 4.65. The lowest BCUT2D eigenvalue weighted by Gasteiger charge is -2.34. The first-order valence-corrected chi connectivity index (χ1v) is 5.51. The quantitative estimate of drug-likeness (QED) is 0.591. The smallest absolute Gasteiger partial charge is 0.159 e. The Labute approximate surface area is 77.6 Å². The lowest BCUT2D eigenvalue weighted by Crippen LogP contribution is -2.51. The minimum atomic E-state index is 0.614. The summed E-state index contributed by atoms with van der Waals surface area (Å²) >= 11 is 1.90. The van der Waals surface area contributed by atoms with Gasteiger partial charge in [-0.3, -0.25) is 4.99 Å². The van der Waals surface area contributed by atoms with Gasteiger partial charge in [-0.2, -0.15) is 0 Å². The van der Waals surface area contributed by atoms with E-state index in [0.29, 0.717) is 6.04 Å². The molecule has 0 aromatic carbocycles. The van der Waals surface area contributed by atoms with Gasteiger partial charge in [0.25, 0.3) is 0 Å². The highest BCUT2D eigenvalue weighted by molar-refractivity contribution is 8.14. The first kappa shape index (κ1) is 8.38. The molecule has 0 aromatic heterocycles. The summed E-state index contributed by atoms with van der Waals surface area (Å²) in [4.78, 5) is 6.91. The highest BCUT2D eigenvalue weighted by Crippen LogP contribution is 2.18. The molecule has 0 bridgehead atoms. The van der Waals surface area contributed by atoms with E-state index in [1.54, 1.807) is 0 Å². The fourth-order valence-corrected chi connectivity index (χ4v) is 2.61. The van der Waals surface area contributed by atoms with Gasteiger partial charge in [0.2, 0.25) is 0 Å². The van der Waals surface area contributed by atoms with Crippen LogP contribution in [-0.4, -0.2) is 48.0 Å². The van der Waals surface area contributed by atoms with Crippen LogP contribution >= 0.6 is 11.8 Å². The maximum absolute atomic E-state index is 4.49. The number of aliphatic imine (C=N–C) groups is 1. The second-order valence-electron chi connectivity index (χ2n) is 3.26. The third-order valence-electron chi connectivity index (χ3n) is 2.32. The number of nitrogens with one attached hydrogen (secondary N) is 1. The van der Waals surface area contributed by atoms with E-state index < -0.39 is 0 Å². The van der Waals surface area contributed by atoms with E-state index in [9.17, 15) is 0 Å². The molecule has 1 saturated heterocycles. The molecule has 0 aliphatic carbocycles. The van der Waals surface area contributed by atoms with Crippen molar-refractivity contribution in [3.63, 3.8) is 0 Å². The SMILES string of the molecule is CC1CNCCN1C1=NCCS1. The Bertz CT molecular complexity index is 193. The Morgan fingerprint density at radius 2 is 2.58 bits per heavy atom. The molecular weight excluding hydrogens is 170 g/mol. The zero-order chi connectivity index (χ0) is 8.39. The molecule has 0 amide bonds. The van der Waals surface area contributed by atoms with Crippen LogP contribution in [0.3, 0.4) is 0 Å². The minimum Gasteiger partial charge on any atom is -0.346 e. The van der Waals surface area contributed by atoms with Crippen LogP contribution < -0.4 is 5.32 Å². The molecular formula is C8H15N3S. The fourth-order valence-electron chi connectivity index (χ4n) is 1.62. The second-order valence-corrected chi connectivity index (χ2v) is 4.32. The van der Waals surface area contributed by atoms with Crippen LogP contribution in [0.15, 0.2) is 4.99 Å². The molecule has 4 heteroatoms. The maximum Gasteiger partial charge on any atom is 0.159 e. The summed E-state index contributed by atoms with van der Waals surface area (Å²) < 4.78 is 0. The summed E-state index contributed by atoms with van der Waals surface area (Å²) in [5.41, 5.74) is 0. The molecule has 1 N–H and O–H groups in total. The van der Waals surface area contributed by atoms with Crippen LogP contribution in [-0.2, 0) is 0 Å². The van der Waals surface area contributed by atoms with Crippen molar-refractivity contribution < 1.29 is 0 Å². The van der Waals surface area contributed by atoms with Gasteiger partial charge in [-0.05, 0) is 6.92 Å². The van der Waals surface area contributed by atoms with Crippen LogP contribution in [0.4, 0.5) is 0 Å². The van der Waals surface area contributed by atoms with E-state index >= 15 is 0 Å². The van der Waals surface area contributed by atoms with Crippen molar-refractivity contribution in [3.05, 3.63) is 0 Å². The average molecular weight is 185 g/mol. The molecule has 3 nitrogen and oxygen atoms in total. The van der Waals surface area contributed by atoms with E-state index in [2.05, 4.69) is 22.1 Å². The van der Waals surface area contributed by atoms with Crippen molar-refractivity contribution in [1.29, 1.82) is 0 Å². The van der Waals surface area contributed by atoms with Crippen LogP contribution in [0.25, 0.3) is 0 Å². The monoisotopic (exact) mass is 185 g/mol. The highest BCUT2D eigenvalue weighted by atomic mass is 32.2. The number of piperazine rings is 1. The van der Waals surface area contributed by atoms with Gasteiger partial charge in [-0.15, -0.1) is 0 Å². The van der Waals surface area contributed by atoms with Gasteiger partial charge < -0.3 is 10.2 Å². The molecule has 0 aromatic rings. The second kappa shape index (κ2) is 3.66. The van der Waals surface area contributed by atoms with Crippen LogP contribution in [0.2, 0.25) is 0 Å². The topological polar surface area (TPSA) is 27.6 Å². The Hall–Kier alpha value is -0.220. The normalized spacial score (nSPS) is 30.6. The van der Waals surface area contributed by atoms with Crippen molar-refractivity contribution in [2.75, 3.05) is 31.9 Å². The molecule has 1 atom stereocenters. The highest BCUT2D eigenvalue weighted by Gasteiger charge is 2.23. The van der Waals surface area contributed by atoms with Gasteiger partial charge in [0, 0.05) is 31.4 Å². The zero-order valence-corrected chi connectivity index (χ0v) is 8.23. The maximum atomic E-state index is 4.49. The molecule has 12 heavy (non-hydrogen) atoms. The van der Waals surface area contributed by atoms with E-state index in [0.717, 1.165) is 26.2 Å². The molecule has 2 aliphatic rings. The number of rotatable bonds is 0. The summed E-state index contributed by atoms with van der Waals surface area (Å²) in [7, 11) is 0. The van der Waals surface area contributed by atoms with Crippen molar-refractivity contribution in [2.24, 2.45) is 4.99 Å². The van der Waals surface area contributed by atoms with Gasteiger partial charge in [0.1, 0.15) is 0 Å². The van der Waals surface area contributed by atoms with Crippen molar-refractivity contribution in [3.8, 4) is 0 Å². The third kappa shape index (κ3) is 1.59. The minimum absolute atomic E-state index is 0.614. The fraction of sp³-hybridized carbons (Fsp3) is 0.875. The third-order valence-corrected chi connectivity index (χ3v) is 3.33. The zero-order valence-electron chi connectivity index (χ0n) is 7.42.